The number of nitrogen functional groups attached to an aromatic ring is 1. The lowest BCUT2D eigenvalue weighted by molar-refractivity contribution is -0.127. The minimum absolute atomic E-state index is 0.117. The van der Waals surface area contributed by atoms with Crippen molar-refractivity contribution in [3.05, 3.63) is 63.9 Å². The number of halogens is 2. The Hall–Kier alpha value is -4.33. The van der Waals surface area contributed by atoms with E-state index in [-0.39, 0.29) is 23.2 Å². The summed E-state index contributed by atoms with van der Waals surface area (Å²) in [5.74, 6) is 2.29. The standard InChI is InChI=1S/C30H27Cl2N7O3/c1-41-24-12-17(6-9-23(24)42-20-7-8-21(31)22(32)13-20)26-25-27(34)35-28(36-29(25)38-37-26)18-3-2-10-39(15-18)30(40)19(14-33)11-16-4-5-16/h6-9,11-13,16,18H,2-5,10,15H2,1H3,(H3,34,35,36,37,38)/t18-/m1/s1. The predicted molar refractivity (Wildman–Crippen MR) is 160 cm³/mol. The maximum atomic E-state index is 13.0. The van der Waals surface area contributed by atoms with Crippen LogP contribution in [0.4, 0.5) is 5.82 Å². The number of hydrogen-bond donors (Lipinski definition) is 2. The number of piperidine rings is 1. The van der Waals surface area contributed by atoms with E-state index in [1.54, 1.807) is 48.4 Å². The van der Waals surface area contributed by atoms with E-state index < -0.39 is 0 Å². The minimum atomic E-state index is -0.231. The van der Waals surface area contributed by atoms with Gasteiger partial charge in [0, 0.05) is 30.6 Å². The number of carbonyl (C=O) groups is 1. The highest BCUT2D eigenvalue weighted by atomic mass is 35.5. The fraction of sp³-hybridized carbons (Fsp3) is 0.300. The van der Waals surface area contributed by atoms with E-state index in [0.717, 1.165) is 31.2 Å². The van der Waals surface area contributed by atoms with E-state index in [0.29, 0.717) is 68.9 Å². The molecule has 0 unspecified atom stereocenters. The summed E-state index contributed by atoms with van der Waals surface area (Å²) in [6, 6.07) is 12.5. The highest BCUT2D eigenvalue weighted by molar-refractivity contribution is 6.42. The van der Waals surface area contributed by atoms with Crippen molar-refractivity contribution in [3.63, 3.8) is 0 Å². The number of H-pyrrole nitrogens is 1. The Morgan fingerprint density at radius 2 is 1.98 bits per heavy atom. The third-order valence-electron chi connectivity index (χ3n) is 7.48. The van der Waals surface area contributed by atoms with Crippen LogP contribution >= 0.6 is 23.2 Å². The van der Waals surface area contributed by atoms with Gasteiger partial charge < -0.3 is 20.1 Å². The van der Waals surface area contributed by atoms with E-state index in [9.17, 15) is 10.1 Å². The molecule has 1 aliphatic carbocycles. The summed E-state index contributed by atoms with van der Waals surface area (Å²) < 4.78 is 11.6. The van der Waals surface area contributed by atoms with Crippen molar-refractivity contribution < 1.29 is 14.3 Å². The van der Waals surface area contributed by atoms with Crippen molar-refractivity contribution in [1.82, 2.24) is 25.1 Å². The number of nitrogens with zero attached hydrogens (tertiary/aromatic N) is 5. The molecule has 4 aromatic rings. The van der Waals surface area contributed by atoms with Crippen LogP contribution in [0.2, 0.25) is 10.0 Å². The lowest BCUT2D eigenvalue weighted by Crippen LogP contribution is -2.40. The van der Waals surface area contributed by atoms with Gasteiger partial charge in [-0.3, -0.25) is 9.89 Å². The van der Waals surface area contributed by atoms with Gasteiger partial charge in [0.25, 0.3) is 5.91 Å². The Morgan fingerprint density at radius 3 is 2.71 bits per heavy atom. The maximum Gasteiger partial charge on any atom is 0.264 e. The fourth-order valence-electron chi connectivity index (χ4n) is 5.13. The number of hydrogen-bond acceptors (Lipinski definition) is 8. The van der Waals surface area contributed by atoms with Gasteiger partial charge in [-0.15, -0.1) is 0 Å². The molecule has 1 saturated carbocycles. The van der Waals surface area contributed by atoms with Crippen LogP contribution in [0.5, 0.6) is 17.2 Å². The zero-order valence-electron chi connectivity index (χ0n) is 22.7. The van der Waals surface area contributed by atoms with Gasteiger partial charge in [-0.2, -0.15) is 10.4 Å². The van der Waals surface area contributed by atoms with E-state index in [1.165, 1.54) is 0 Å². The zero-order chi connectivity index (χ0) is 29.4. The summed E-state index contributed by atoms with van der Waals surface area (Å²) in [6.45, 7) is 1.01. The number of likely N-dealkylation sites (tertiary alicyclic amines) is 1. The number of allylic oxidation sites excluding steroid dienone is 1. The SMILES string of the molecule is COc1cc(-c2[nH]nc3nc([C@@H]4CCCN(C(=O)C(C#N)=CC5CC5)C4)nc(N)c23)ccc1Oc1ccc(Cl)c(Cl)c1. The van der Waals surface area contributed by atoms with Gasteiger partial charge in [0.05, 0.1) is 28.2 Å². The molecule has 6 rings (SSSR count). The largest absolute Gasteiger partial charge is 0.493 e. The fourth-order valence-corrected chi connectivity index (χ4v) is 5.42. The normalized spacial score (nSPS) is 17.2. The van der Waals surface area contributed by atoms with Crippen LogP contribution in [-0.4, -0.2) is 51.2 Å². The molecule has 0 radical (unpaired) electrons. The van der Waals surface area contributed by atoms with Gasteiger partial charge in [-0.25, -0.2) is 9.97 Å². The Labute approximate surface area is 252 Å². The lowest BCUT2D eigenvalue weighted by Gasteiger charge is -2.32. The molecule has 3 N–H and O–H groups in total. The van der Waals surface area contributed by atoms with Crippen molar-refractivity contribution in [3.8, 4) is 34.6 Å². The molecular formula is C30H27Cl2N7O3. The van der Waals surface area contributed by atoms with Gasteiger partial charge in [0.1, 0.15) is 29.0 Å². The molecule has 1 saturated heterocycles. The first-order valence-electron chi connectivity index (χ1n) is 13.6. The summed E-state index contributed by atoms with van der Waals surface area (Å²) in [7, 11) is 1.55. The Kier molecular flexibility index (Phi) is 7.62. The second-order valence-electron chi connectivity index (χ2n) is 10.4. The number of nitriles is 1. The molecule has 2 aliphatic rings. The highest BCUT2D eigenvalue weighted by Gasteiger charge is 2.31. The van der Waals surface area contributed by atoms with Gasteiger partial charge >= 0.3 is 0 Å². The van der Waals surface area contributed by atoms with E-state index in [2.05, 4.69) is 21.3 Å². The van der Waals surface area contributed by atoms with Crippen molar-refractivity contribution >= 4 is 46.0 Å². The summed E-state index contributed by atoms with van der Waals surface area (Å²) in [5, 5.41) is 18.4. The number of carbonyl (C=O) groups excluding carboxylic acids is 1. The minimum Gasteiger partial charge on any atom is -0.493 e. The average molecular weight is 604 g/mol. The molecule has 0 bridgehead atoms. The van der Waals surface area contributed by atoms with E-state index >= 15 is 0 Å². The molecule has 214 valence electrons. The molecule has 1 aliphatic heterocycles. The first-order chi connectivity index (χ1) is 20.3. The summed E-state index contributed by atoms with van der Waals surface area (Å²) in [4.78, 5) is 24.1. The third kappa shape index (κ3) is 5.58. The number of amides is 1. The van der Waals surface area contributed by atoms with Gasteiger partial charge in [-0.05, 0) is 61.9 Å². The molecule has 1 atom stereocenters. The topological polar surface area (TPSA) is 143 Å². The van der Waals surface area contributed by atoms with Crippen molar-refractivity contribution in [2.45, 2.75) is 31.6 Å². The summed E-state index contributed by atoms with van der Waals surface area (Å²) >= 11 is 12.1. The van der Waals surface area contributed by atoms with Crippen LogP contribution in [0.1, 0.15) is 37.4 Å². The number of nitrogens with two attached hydrogens (primary N) is 1. The first-order valence-corrected chi connectivity index (χ1v) is 14.3. The summed E-state index contributed by atoms with van der Waals surface area (Å²) in [5.41, 5.74) is 8.51. The Bertz CT molecular complexity index is 1760. The Balaban J connectivity index is 1.25. The van der Waals surface area contributed by atoms with E-state index in [4.69, 9.17) is 43.4 Å². The van der Waals surface area contributed by atoms with Crippen LogP contribution in [0.3, 0.4) is 0 Å². The van der Waals surface area contributed by atoms with Crippen molar-refractivity contribution in [2.75, 3.05) is 25.9 Å². The van der Waals surface area contributed by atoms with Crippen molar-refractivity contribution in [2.24, 2.45) is 5.92 Å². The van der Waals surface area contributed by atoms with Crippen LogP contribution in [0, 0.1) is 17.2 Å². The second-order valence-corrected chi connectivity index (χ2v) is 11.2. The number of benzene rings is 2. The number of methoxy groups -OCH3 is 1. The molecule has 1 amide bonds. The van der Waals surface area contributed by atoms with Crippen molar-refractivity contribution in [1.29, 1.82) is 5.26 Å². The number of aromatic nitrogens is 4. The molecule has 0 spiro atoms. The number of ether oxygens (including phenoxy) is 2. The number of rotatable bonds is 7. The molecular weight excluding hydrogens is 577 g/mol. The smallest absolute Gasteiger partial charge is 0.264 e. The molecule has 3 heterocycles. The predicted octanol–water partition coefficient (Wildman–Crippen LogP) is 6.28. The zero-order valence-corrected chi connectivity index (χ0v) is 24.2. The number of fused-ring (bicyclic) bond motifs is 1. The van der Waals surface area contributed by atoms with Gasteiger partial charge in [0.2, 0.25) is 0 Å². The summed E-state index contributed by atoms with van der Waals surface area (Å²) in [6.07, 6.45) is 5.45. The Morgan fingerprint density at radius 1 is 1.14 bits per heavy atom. The maximum absolute atomic E-state index is 13.0. The van der Waals surface area contributed by atoms with Gasteiger partial charge in [0.15, 0.2) is 17.1 Å². The van der Waals surface area contributed by atoms with E-state index in [1.807, 2.05) is 6.07 Å². The number of anilines is 1. The molecule has 10 nitrogen and oxygen atoms in total. The van der Waals surface area contributed by atoms with Crippen LogP contribution in [-0.2, 0) is 4.79 Å². The molecule has 2 fully saturated rings. The van der Waals surface area contributed by atoms with Crippen LogP contribution in [0.25, 0.3) is 22.3 Å². The molecule has 2 aromatic carbocycles. The molecule has 2 aromatic heterocycles. The second kappa shape index (κ2) is 11.5. The molecule has 12 heteroatoms. The van der Waals surface area contributed by atoms with Gasteiger partial charge in [-0.1, -0.05) is 29.3 Å². The quantitative estimate of drug-likeness (QED) is 0.186. The number of aromatic amines is 1. The molecule has 42 heavy (non-hydrogen) atoms. The monoisotopic (exact) mass is 603 g/mol. The third-order valence-corrected chi connectivity index (χ3v) is 8.22. The van der Waals surface area contributed by atoms with Crippen LogP contribution in [0.15, 0.2) is 48.0 Å². The lowest BCUT2D eigenvalue weighted by atomic mass is 9.96. The highest BCUT2D eigenvalue weighted by Crippen LogP contribution is 2.39. The number of nitrogens with one attached hydrogen (secondary N) is 1. The first kappa shape index (κ1) is 27.8. The average Bonchev–Trinajstić information content (AvgIpc) is 3.73. The van der Waals surface area contributed by atoms with Crippen LogP contribution < -0.4 is 15.2 Å².